The van der Waals surface area contributed by atoms with Gasteiger partial charge in [-0.2, -0.15) is 0 Å². The lowest BCUT2D eigenvalue weighted by Gasteiger charge is -2.11. The molecule has 1 heterocycles. The summed E-state index contributed by atoms with van der Waals surface area (Å²) in [5.74, 6) is -1.49. The summed E-state index contributed by atoms with van der Waals surface area (Å²) < 4.78 is 30.7. The Balaban J connectivity index is 1.64. The number of carbonyl (C=O) groups excluding carboxylic acids is 2. The minimum Gasteiger partial charge on any atom is -0.467 e. The topological polar surface area (TPSA) is 105 Å². The van der Waals surface area contributed by atoms with Gasteiger partial charge < -0.3 is 15.1 Å². The number of para-hydroxylation sites is 1. The number of halogens is 1. The predicted octanol–water partition coefficient (Wildman–Crippen LogP) is 3.53. The molecule has 0 aliphatic rings. The lowest BCUT2D eigenvalue weighted by atomic mass is 10.1. The number of carbonyl (C=O) groups is 2. The van der Waals surface area contributed by atoms with E-state index >= 15 is 0 Å². The highest BCUT2D eigenvalue weighted by Gasteiger charge is 2.20. The van der Waals surface area contributed by atoms with Gasteiger partial charge in [0.15, 0.2) is 9.84 Å². The number of hydrogen-bond donors (Lipinski definition) is 2. The molecule has 1 aromatic heterocycles. The first-order valence-electron chi connectivity index (χ1n) is 8.97. The van der Waals surface area contributed by atoms with E-state index in [4.69, 9.17) is 4.42 Å². The molecule has 2 amide bonds. The van der Waals surface area contributed by atoms with Gasteiger partial charge in [0, 0.05) is 4.47 Å². The molecule has 0 radical (unpaired) electrons. The van der Waals surface area contributed by atoms with Gasteiger partial charge >= 0.3 is 0 Å². The van der Waals surface area contributed by atoms with E-state index in [1.807, 2.05) is 0 Å². The SMILES string of the molecule is O=C(CS(=O)(=O)Cc1cccc(Br)c1)Nc1ccccc1C(=O)NCc1ccco1. The zero-order valence-electron chi connectivity index (χ0n) is 15.8. The van der Waals surface area contributed by atoms with Gasteiger partial charge in [-0.25, -0.2) is 8.42 Å². The van der Waals surface area contributed by atoms with E-state index in [-0.39, 0.29) is 23.5 Å². The van der Waals surface area contributed by atoms with Crippen LogP contribution in [0.3, 0.4) is 0 Å². The van der Waals surface area contributed by atoms with E-state index in [9.17, 15) is 18.0 Å². The molecule has 0 spiro atoms. The third-order valence-electron chi connectivity index (χ3n) is 4.08. The van der Waals surface area contributed by atoms with Crippen molar-refractivity contribution in [3.63, 3.8) is 0 Å². The standard InChI is InChI=1S/C21H19BrN2O5S/c22-16-6-3-5-15(11-16)13-30(27,28)14-20(25)24-19-9-2-1-8-18(19)21(26)23-12-17-7-4-10-29-17/h1-11H,12-14H2,(H,23,26)(H,24,25). The van der Waals surface area contributed by atoms with E-state index in [1.54, 1.807) is 60.7 Å². The zero-order chi connectivity index (χ0) is 21.6. The second-order valence-electron chi connectivity index (χ2n) is 6.52. The Hall–Kier alpha value is -2.91. The summed E-state index contributed by atoms with van der Waals surface area (Å²) in [5, 5.41) is 5.22. The molecule has 9 heteroatoms. The van der Waals surface area contributed by atoms with Crippen LogP contribution >= 0.6 is 15.9 Å². The van der Waals surface area contributed by atoms with Gasteiger partial charge in [0.05, 0.1) is 29.8 Å². The molecule has 3 rings (SSSR count). The third kappa shape index (κ3) is 6.30. The molecule has 0 unspecified atom stereocenters. The molecule has 2 aromatic carbocycles. The lowest BCUT2D eigenvalue weighted by Crippen LogP contribution is -2.27. The Bertz CT molecular complexity index is 1140. The normalized spacial score (nSPS) is 11.1. The molecule has 0 bridgehead atoms. The van der Waals surface area contributed by atoms with Crippen molar-refractivity contribution < 1.29 is 22.4 Å². The molecule has 0 saturated carbocycles. The van der Waals surface area contributed by atoms with E-state index < -0.39 is 27.4 Å². The summed E-state index contributed by atoms with van der Waals surface area (Å²) in [6.07, 6.45) is 1.50. The van der Waals surface area contributed by atoms with Crippen molar-refractivity contribution >= 4 is 43.3 Å². The minimum atomic E-state index is -3.69. The molecule has 0 atom stereocenters. The third-order valence-corrected chi connectivity index (χ3v) is 6.04. The highest BCUT2D eigenvalue weighted by atomic mass is 79.9. The maximum Gasteiger partial charge on any atom is 0.253 e. The fourth-order valence-corrected chi connectivity index (χ4v) is 4.49. The number of benzene rings is 2. The van der Waals surface area contributed by atoms with Crippen LogP contribution in [-0.4, -0.2) is 26.0 Å². The van der Waals surface area contributed by atoms with Crippen molar-refractivity contribution in [1.82, 2.24) is 5.32 Å². The summed E-state index contributed by atoms with van der Waals surface area (Å²) in [4.78, 5) is 24.8. The summed E-state index contributed by atoms with van der Waals surface area (Å²) in [6, 6.07) is 16.7. The summed E-state index contributed by atoms with van der Waals surface area (Å²) in [5.41, 5.74) is 1.04. The maximum atomic E-state index is 12.5. The lowest BCUT2D eigenvalue weighted by molar-refractivity contribution is -0.113. The Morgan fingerprint density at radius 2 is 1.80 bits per heavy atom. The number of sulfone groups is 1. The van der Waals surface area contributed by atoms with Crippen LogP contribution in [-0.2, 0) is 26.9 Å². The summed E-state index contributed by atoms with van der Waals surface area (Å²) >= 11 is 3.29. The second kappa shape index (κ2) is 9.73. The number of hydrogen-bond acceptors (Lipinski definition) is 5. The van der Waals surface area contributed by atoms with Crippen LogP contribution in [0.4, 0.5) is 5.69 Å². The van der Waals surface area contributed by atoms with Gasteiger partial charge in [-0.15, -0.1) is 0 Å². The fourth-order valence-electron chi connectivity index (χ4n) is 2.78. The zero-order valence-corrected chi connectivity index (χ0v) is 18.2. The molecule has 0 fully saturated rings. The van der Waals surface area contributed by atoms with Crippen LogP contribution < -0.4 is 10.6 Å². The maximum absolute atomic E-state index is 12.5. The molecular formula is C21H19BrN2O5S. The van der Waals surface area contributed by atoms with Crippen LogP contribution in [0.5, 0.6) is 0 Å². The second-order valence-corrected chi connectivity index (χ2v) is 9.50. The molecule has 2 N–H and O–H groups in total. The average Bonchev–Trinajstić information content (AvgIpc) is 3.19. The fraction of sp³-hybridized carbons (Fsp3) is 0.143. The van der Waals surface area contributed by atoms with Crippen LogP contribution in [0.15, 0.2) is 75.8 Å². The predicted molar refractivity (Wildman–Crippen MR) is 117 cm³/mol. The van der Waals surface area contributed by atoms with Gasteiger partial charge in [-0.3, -0.25) is 9.59 Å². The Morgan fingerprint density at radius 1 is 1.00 bits per heavy atom. The van der Waals surface area contributed by atoms with Gasteiger partial charge in [0.1, 0.15) is 11.5 Å². The number of anilines is 1. The molecule has 0 saturated heterocycles. The molecule has 7 nitrogen and oxygen atoms in total. The van der Waals surface area contributed by atoms with Gasteiger partial charge in [-0.05, 0) is 42.0 Å². The number of furan rings is 1. The number of amides is 2. The molecule has 3 aromatic rings. The monoisotopic (exact) mass is 490 g/mol. The van der Waals surface area contributed by atoms with E-state index in [0.717, 1.165) is 4.47 Å². The van der Waals surface area contributed by atoms with E-state index in [1.165, 1.54) is 6.26 Å². The molecule has 30 heavy (non-hydrogen) atoms. The van der Waals surface area contributed by atoms with Crippen LogP contribution in [0.2, 0.25) is 0 Å². The highest BCUT2D eigenvalue weighted by molar-refractivity contribution is 9.10. The van der Waals surface area contributed by atoms with E-state index in [0.29, 0.717) is 11.3 Å². The molecular weight excluding hydrogens is 472 g/mol. The Kier molecular flexibility index (Phi) is 7.07. The van der Waals surface area contributed by atoms with Crippen molar-refractivity contribution in [2.45, 2.75) is 12.3 Å². The van der Waals surface area contributed by atoms with E-state index in [2.05, 4.69) is 26.6 Å². The summed E-state index contributed by atoms with van der Waals surface area (Å²) in [7, 11) is -3.69. The van der Waals surface area contributed by atoms with Crippen LogP contribution in [0, 0.1) is 0 Å². The molecule has 0 aliphatic carbocycles. The number of rotatable bonds is 8. The highest BCUT2D eigenvalue weighted by Crippen LogP contribution is 2.17. The smallest absolute Gasteiger partial charge is 0.253 e. The van der Waals surface area contributed by atoms with Crippen molar-refractivity contribution in [3.05, 3.63) is 88.3 Å². The summed E-state index contributed by atoms with van der Waals surface area (Å²) in [6.45, 7) is 0.190. The quantitative estimate of drug-likeness (QED) is 0.502. The van der Waals surface area contributed by atoms with Crippen molar-refractivity contribution in [1.29, 1.82) is 0 Å². The molecule has 0 aliphatic heterocycles. The molecule has 156 valence electrons. The van der Waals surface area contributed by atoms with Crippen LogP contribution in [0.1, 0.15) is 21.7 Å². The number of nitrogens with one attached hydrogen (secondary N) is 2. The average molecular weight is 491 g/mol. The van der Waals surface area contributed by atoms with Gasteiger partial charge in [0.2, 0.25) is 5.91 Å². The minimum absolute atomic E-state index is 0.190. The van der Waals surface area contributed by atoms with Crippen molar-refractivity contribution in [2.24, 2.45) is 0 Å². The van der Waals surface area contributed by atoms with Gasteiger partial charge in [-0.1, -0.05) is 40.2 Å². The van der Waals surface area contributed by atoms with Gasteiger partial charge in [0.25, 0.3) is 5.91 Å². The van der Waals surface area contributed by atoms with Crippen molar-refractivity contribution in [3.8, 4) is 0 Å². The first-order valence-corrected chi connectivity index (χ1v) is 11.6. The first-order chi connectivity index (χ1) is 14.3. The Morgan fingerprint density at radius 3 is 2.53 bits per heavy atom. The van der Waals surface area contributed by atoms with Crippen LogP contribution in [0.25, 0.3) is 0 Å². The largest absolute Gasteiger partial charge is 0.467 e. The first kappa shape index (κ1) is 21.8. The van der Waals surface area contributed by atoms with Crippen molar-refractivity contribution in [2.75, 3.05) is 11.1 Å². The Labute approximate surface area is 182 Å².